The average molecular weight is 383 g/mol. The molecule has 1 N–H and O–H groups in total. The Morgan fingerprint density at radius 3 is 2.71 bits per heavy atom. The summed E-state index contributed by atoms with van der Waals surface area (Å²) >= 11 is 0. The molecule has 0 saturated heterocycles. The minimum atomic E-state index is -1.02. The van der Waals surface area contributed by atoms with E-state index in [2.05, 4.69) is 15.5 Å². The van der Waals surface area contributed by atoms with Crippen LogP contribution in [0.25, 0.3) is 22.6 Å². The maximum atomic E-state index is 13.3. The van der Waals surface area contributed by atoms with Crippen molar-refractivity contribution < 1.29 is 23.3 Å². The van der Waals surface area contributed by atoms with Crippen molar-refractivity contribution in [2.24, 2.45) is 0 Å². The van der Waals surface area contributed by atoms with Crippen LogP contribution in [0.1, 0.15) is 48.2 Å². The van der Waals surface area contributed by atoms with Crippen molar-refractivity contribution >= 4 is 23.0 Å². The third kappa shape index (κ3) is 3.04. The van der Waals surface area contributed by atoms with E-state index in [0.717, 1.165) is 19.3 Å². The molecule has 0 aliphatic heterocycles. The fourth-order valence-electron chi connectivity index (χ4n) is 3.84. The summed E-state index contributed by atoms with van der Waals surface area (Å²) < 4.78 is 15.7. The first-order chi connectivity index (χ1) is 13.5. The SMILES string of the molecule is COC(=O)C1(NC(=O)c2cc(-c3ccco3)nc3onc(C)c23)CCCCC1. The summed E-state index contributed by atoms with van der Waals surface area (Å²) in [6.07, 6.45) is 5.36. The highest BCUT2D eigenvalue weighted by atomic mass is 16.5. The molecule has 8 nitrogen and oxygen atoms in total. The van der Waals surface area contributed by atoms with Gasteiger partial charge in [-0.2, -0.15) is 0 Å². The molecule has 1 saturated carbocycles. The number of pyridine rings is 1. The number of hydrogen-bond acceptors (Lipinski definition) is 7. The molecule has 0 bridgehead atoms. The predicted octanol–water partition coefficient (Wildman–Crippen LogP) is 3.40. The largest absolute Gasteiger partial charge is 0.467 e. The van der Waals surface area contributed by atoms with Crippen molar-refractivity contribution in [2.75, 3.05) is 7.11 Å². The zero-order valence-corrected chi connectivity index (χ0v) is 15.8. The third-order valence-corrected chi connectivity index (χ3v) is 5.27. The normalized spacial score (nSPS) is 16.1. The molecule has 0 unspecified atom stereocenters. The maximum absolute atomic E-state index is 13.3. The third-order valence-electron chi connectivity index (χ3n) is 5.27. The van der Waals surface area contributed by atoms with Gasteiger partial charge in [0.1, 0.15) is 11.2 Å². The zero-order valence-electron chi connectivity index (χ0n) is 15.8. The molecule has 8 heteroatoms. The molecule has 0 atom stereocenters. The van der Waals surface area contributed by atoms with E-state index in [4.69, 9.17) is 13.7 Å². The minimum absolute atomic E-state index is 0.243. The second kappa shape index (κ2) is 7.10. The fourth-order valence-corrected chi connectivity index (χ4v) is 3.84. The van der Waals surface area contributed by atoms with Crippen LogP contribution in [0.4, 0.5) is 0 Å². The molecule has 0 spiro atoms. The first kappa shape index (κ1) is 18.2. The molecule has 1 fully saturated rings. The van der Waals surface area contributed by atoms with E-state index in [1.165, 1.54) is 13.4 Å². The number of ether oxygens (including phenoxy) is 1. The number of furan rings is 1. The molecule has 1 aliphatic rings. The fraction of sp³-hybridized carbons (Fsp3) is 0.400. The van der Waals surface area contributed by atoms with Crippen LogP contribution in [0.5, 0.6) is 0 Å². The van der Waals surface area contributed by atoms with E-state index in [9.17, 15) is 9.59 Å². The summed E-state index contributed by atoms with van der Waals surface area (Å²) in [6, 6.07) is 5.12. The van der Waals surface area contributed by atoms with Crippen molar-refractivity contribution in [3.8, 4) is 11.5 Å². The molecule has 4 rings (SSSR count). The molecular formula is C20H21N3O5. The van der Waals surface area contributed by atoms with Gasteiger partial charge in [0.05, 0.1) is 30.0 Å². The highest BCUT2D eigenvalue weighted by molar-refractivity contribution is 6.08. The Balaban J connectivity index is 1.77. The van der Waals surface area contributed by atoms with Gasteiger partial charge >= 0.3 is 5.97 Å². The number of nitrogens with one attached hydrogen (secondary N) is 1. The smallest absolute Gasteiger partial charge is 0.331 e. The lowest BCUT2D eigenvalue weighted by Gasteiger charge is -2.35. The molecule has 146 valence electrons. The van der Waals surface area contributed by atoms with Gasteiger partial charge in [-0.1, -0.05) is 24.4 Å². The van der Waals surface area contributed by atoms with Gasteiger partial charge in [0.15, 0.2) is 5.76 Å². The summed E-state index contributed by atoms with van der Waals surface area (Å²) in [4.78, 5) is 30.2. The van der Waals surface area contributed by atoms with Crippen LogP contribution in [-0.2, 0) is 9.53 Å². The molecule has 0 radical (unpaired) electrons. The number of hydrogen-bond donors (Lipinski definition) is 1. The number of carbonyl (C=O) groups is 2. The number of esters is 1. The lowest BCUT2D eigenvalue weighted by molar-refractivity contribution is -0.149. The molecule has 0 aromatic carbocycles. The van der Waals surface area contributed by atoms with Gasteiger partial charge in [-0.25, -0.2) is 9.78 Å². The number of aryl methyl sites for hydroxylation is 1. The van der Waals surface area contributed by atoms with Crippen molar-refractivity contribution in [2.45, 2.75) is 44.6 Å². The Kier molecular flexibility index (Phi) is 4.62. The topological polar surface area (TPSA) is 107 Å². The van der Waals surface area contributed by atoms with Crippen LogP contribution >= 0.6 is 0 Å². The monoisotopic (exact) mass is 383 g/mol. The summed E-state index contributed by atoms with van der Waals surface area (Å²) in [6.45, 7) is 1.74. The predicted molar refractivity (Wildman–Crippen MR) is 99.5 cm³/mol. The Morgan fingerprint density at radius 1 is 1.25 bits per heavy atom. The molecule has 3 aromatic rings. The summed E-state index contributed by atoms with van der Waals surface area (Å²) in [5, 5.41) is 7.39. The maximum Gasteiger partial charge on any atom is 0.331 e. The Bertz CT molecular complexity index is 1020. The van der Waals surface area contributed by atoms with E-state index >= 15 is 0 Å². The first-order valence-electron chi connectivity index (χ1n) is 9.26. The molecule has 1 aliphatic carbocycles. The molecule has 1 amide bonds. The molecule has 3 heterocycles. The summed E-state index contributed by atoms with van der Waals surface area (Å²) in [7, 11) is 1.34. The van der Waals surface area contributed by atoms with E-state index < -0.39 is 11.5 Å². The van der Waals surface area contributed by atoms with E-state index in [1.54, 1.807) is 25.1 Å². The number of nitrogens with zero attached hydrogens (tertiary/aromatic N) is 2. The van der Waals surface area contributed by atoms with Crippen LogP contribution in [0.2, 0.25) is 0 Å². The number of carbonyl (C=O) groups excluding carboxylic acids is 2. The minimum Gasteiger partial charge on any atom is -0.467 e. The molecule has 28 heavy (non-hydrogen) atoms. The molecular weight excluding hydrogens is 362 g/mol. The number of rotatable bonds is 4. The van der Waals surface area contributed by atoms with Crippen LogP contribution in [0.3, 0.4) is 0 Å². The number of fused-ring (bicyclic) bond motifs is 1. The lowest BCUT2D eigenvalue weighted by atomic mass is 9.81. The van der Waals surface area contributed by atoms with E-state index in [1.807, 2.05) is 0 Å². The van der Waals surface area contributed by atoms with Gasteiger partial charge in [-0.15, -0.1) is 0 Å². The number of amides is 1. The second-order valence-corrected chi connectivity index (χ2v) is 7.07. The van der Waals surface area contributed by atoms with Gasteiger partial charge in [0.2, 0.25) is 0 Å². The van der Waals surface area contributed by atoms with Gasteiger partial charge < -0.3 is 19.0 Å². The summed E-state index contributed by atoms with van der Waals surface area (Å²) in [5.74, 6) is -0.302. The lowest BCUT2D eigenvalue weighted by Crippen LogP contribution is -2.56. The van der Waals surface area contributed by atoms with Crippen molar-refractivity contribution in [3.63, 3.8) is 0 Å². The Labute approximate surface area is 161 Å². The van der Waals surface area contributed by atoms with Crippen molar-refractivity contribution in [3.05, 3.63) is 35.7 Å². The Hall–Kier alpha value is -3.16. The van der Waals surface area contributed by atoms with Gasteiger partial charge in [-0.3, -0.25) is 4.79 Å². The number of aromatic nitrogens is 2. The van der Waals surface area contributed by atoms with E-state index in [-0.39, 0.29) is 11.6 Å². The van der Waals surface area contributed by atoms with Gasteiger partial charge in [0.25, 0.3) is 11.6 Å². The first-order valence-corrected chi connectivity index (χ1v) is 9.26. The highest BCUT2D eigenvalue weighted by Gasteiger charge is 2.42. The second-order valence-electron chi connectivity index (χ2n) is 7.07. The quantitative estimate of drug-likeness (QED) is 0.688. The van der Waals surface area contributed by atoms with Crippen LogP contribution in [0.15, 0.2) is 33.4 Å². The van der Waals surface area contributed by atoms with E-state index in [0.29, 0.717) is 40.9 Å². The van der Waals surface area contributed by atoms with Crippen molar-refractivity contribution in [1.82, 2.24) is 15.5 Å². The standard InChI is InChI=1S/C20H21N3O5/c1-12-16-13(11-14(15-7-6-10-27-15)21-18(16)28-23-12)17(24)22-20(19(25)26-2)8-4-3-5-9-20/h6-7,10-11H,3-5,8-9H2,1-2H3,(H,22,24). The van der Waals surface area contributed by atoms with Crippen LogP contribution in [0, 0.1) is 6.92 Å². The van der Waals surface area contributed by atoms with Crippen LogP contribution in [-0.4, -0.2) is 34.7 Å². The summed E-state index contributed by atoms with van der Waals surface area (Å²) in [5.41, 5.74) is 0.565. The van der Waals surface area contributed by atoms with Crippen LogP contribution < -0.4 is 5.32 Å². The van der Waals surface area contributed by atoms with Gasteiger partial charge in [0, 0.05) is 0 Å². The number of methoxy groups -OCH3 is 1. The Morgan fingerprint density at radius 2 is 2.04 bits per heavy atom. The average Bonchev–Trinajstić information content (AvgIpc) is 3.37. The van der Waals surface area contributed by atoms with Crippen molar-refractivity contribution in [1.29, 1.82) is 0 Å². The molecule has 3 aromatic heterocycles. The highest BCUT2D eigenvalue weighted by Crippen LogP contribution is 2.32. The van der Waals surface area contributed by atoms with Gasteiger partial charge in [-0.05, 0) is 38.0 Å². The zero-order chi connectivity index (χ0) is 19.7.